The summed E-state index contributed by atoms with van der Waals surface area (Å²) in [5.41, 5.74) is 1.24. The summed E-state index contributed by atoms with van der Waals surface area (Å²) in [6, 6.07) is 23.5. The van der Waals surface area contributed by atoms with Crippen molar-refractivity contribution in [3.05, 3.63) is 143 Å². The summed E-state index contributed by atoms with van der Waals surface area (Å²) in [6.07, 6.45) is 4.95. The highest BCUT2D eigenvalue weighted by Crippen LogP contribution is 2.66. The quantitative estimate of drug-likeness (QED) is 0.132. The summed E-state index contributed by atoms with van der Waals surface area (Å²) in [5, 5.41) is 24.8. The maximum Gasteiger partial charge on any atom is 0.329 e. The lowest BCUT2D eigenvalue weighted by atomic mass is 9.65. The van der Waals surface area contributed by atoms with Crippen LogP contribution in [0.15, 0.2) is 115 Å². The molecule has 8 rings (SSSR count). The highest BCUT2D eigenvalue weighted by molar-refractivity contribution is 6.24. The molecule has 0 saturated carbocycles. The standard InChI is InChI=1S/C48H45N3O9/c1-28(2)38(44(55)59-3)49-47(58)50-36-26-21-30(20-19-29-13-7-4-8-14-29)27-35(36)48(46(50)57)37(43(53)54)40-45(56)60-41(32-17-11-6-12-18-32)39(31-15-9-5-10-16-31)51(40)42(48)33-22-24-34(52)25-23-33/h5-6,9-13,15-18,21-28,37-42,52H,4,7-8,14H2,1-3H3,(H,49,58)(H,53,54)/t37-,38+,39-,40-,41+,42+,48-/m1/s1. The number of methoxy groups -OCH3 is 1. The molecule has 12 nitrogen and oxygen atoms in total. The number of urea groups is 1. The second-order valence-corrected chi connectivity index (χ2v) is 16.0. The number of aromatic hydroxyl groups is 1. The fourth-order valence-corrected chi connectivity index (χ4v) is 9.55. The van der Waals surface area contributed by atoms with Crippen LogP contribution in [0.25, 0.3) is 0 Å². The number of phenols is 1. The van der Waals surface area contributed by atoms with Crippen molar-refractivity contribution in [2.45, 2.75) is 75.2 Å². The van der Waals surface area contributed by atoms with E-state index in [9.17, 15) is 29.4 Å². The summed E-state index contributed by atoms with van der Waals surface area (Å²) in [7, 11) is 1.19. The van der Waals surface area contributed by atoms with Crippen LogP contribution in [-0.2, 0) is 34.1 Å². The summed E-state index contributed by atoms with van der Waals surface area (Å²) >= 11 is 0. The van der Waals surface area contributed by atoms with Crippen LogP contribution in [0.2, 0.25) is 0 Å². The van der Waals surface area contributed by atoms with Gasteiger partial charge < -0.3 is 25.0 Å². The lowest BCUT2D eigenvalue weighted by molar-refractivity contribution is -0.179. The van der Waals surface area contributed by atoms with E-state index < -0.39 is 77.4 Å². The van der Waals surface area contributed by atoms with Gasteiger partial charge in [-0.15, -0.1) is 0 Å². The maximum absolute atomic E-state index is 16.0. The van der Waals surface area contributed by atoms with Gasteiger partial charge in [0.25, 0.3) is 0 Å². The van der Waals surface area contributed by atoms with Crippen LogP contribution in [0.1, 0.15) is 85.5 Å². The van der Waals surface area contributed by atoms with E-state index in [-0.39, 0.29) is 17.0 Å². The molecule has 12 heteroatoms. The Morgan fingerprint density at radius 1 is 0.867 bits per heavy atom. The molecule has 4 aliphatic rings. The van der Waals surface area contributed by atoms with Crippen LogP contribution in [0, 0.1) is 23.7 Å². The highest BCUT2D eigenvalue weighted by atomic mass is 16.6. The average molecular weight is 808 g/mol. The molecule has 4 aromatic carbocycles. The fourth-order valence-electron chi connectivity index (χ4n) is 9.55. The summed E-state index contributed by atoms with van der Waals surface area (Å²) in [4.78, 5) is 75.2. The number of carbonyl (C=O) groups is 5. The van der Waals surface area contributed by atoms with Crippen molar-refractivity contribution in [3.8, 4) is 17.6 Å². The number of imide groups is 1. The number of nitrogens with zero attached hydrogens (tertiary/aromatic N) is 2. The summed E-state index contributed by atoms with van der Waals surface area (Å²) in [6.45, 7) is 3.43. The number of hydrogen-bond acceptors (Lipinski definition) is 9. The molecule has 0 unspecified atom stereocenters. The lowest BCUT2D eigenvalue weighted by Crippen LogP contribution is -2.56. The Balaban J connectivity index is 1.42. The number of anilines is 1. The predicted molar refractivity (Wildman–Crippen MR) is 220 cm³/mol. The Hall–Kier alpha value is -6.71. The molecule has 2 saturated heterocycles. The van der Waals surface area contributed by atoms with Crippen LogP contribution >= 0.6 is 0 Å². The maximum atomic E-state index is 16.0. The topological polar surface area (TPSA) is 163 Å². The number of carboxylic acid groups (broad SMARTS) is 1. The van der Waals surface area contributed by atoms with Gasteiger partial charge in [-0.1, -0.05) is 105 Å². The molecular formula is C48H45N3O9. The Kier molecular flexibility index (Phi) is 10.8. The molecule has 3 amide bonds. The third kappa shape index (κ3) is 6.69. The summed E-state index contributed by atoms with van der Waals surface area (Å²) < 4.78 is 11.3. The number of rotatable bonds is 7. The molecule has 0 radical (unpaired) electrons. The van der Waals surface area contributed by atoms with Gasteiger partial charge in [0, 0.05) is 5.56 Å². The summed E-state index contributed by atoms with van der Waals surface area (Å²) in [5.74, 6) is 0.168. The monoisotopic (exact) mass is 807 g/mol. The number of benzene rings is 4. The van der Waals surface area contributed by atoms with Crippen LogP contribution in [0.4, 0.5) is 10.5 Å². The number of carbonyl (C=O) groups excluding carboxylic acids is 4. The van der Waals surface area contributed by atoms with E-state index in [1.165, 1.54) is 19.2 Å². The Bertz CT molecular complexity index is 2440. The van der Waals surface area contributed by atoms with Crippen molar-refractivity contribution in [3.63, 3.8) is 0 Å². The number of hydrogen-bond donors (Lipinski definition) is 3. The molecule has 4 aromatic rings. The number of carboxylic acids is 1. The first-order valence-corrected chi connectivity index (χ1v) is 20.1. The minimum Gasteiger partial charge on any atom is -0.508 e. The number of ether oxygens (including phenoxy) is 2. The van der Waals surface area contributed by atoms with Gasteiger partial charge in [-0.25, -0.2) is 14.5 Å². The SMILES string of the molecule is COC(=O)[C@@H](NC(=O)N1C(=O)[C@@]2(c3cc(C#CC4=CCCCC4)ccc31)[C@H](c1ccc(O)cc1)N1[C@H](c3ccccc3)[C@H](c3ccccc3)OC(=O)[C@H]1[C@@H]2C(=O)O)C(C)C. The zero-order valence-electron chi connectivity index (χ0n) is 33.4. The molecule has 0 bridgehead atoms. The molecule has 0 aromatic heterocycles. The van der Waals surface area contributed by atoms with E-state index >= 15 is 4.79 Å². The van der Waals surface area contributed by atoms with E-state index in [4.69, 9.17) is 9.47 Å². The molecule has 1 spiro atoms. The van der Waals surface area contributed by atoms with E-state index in [0.29, 0.717) is 22.3 Å². The number of amides is 3. The molecular weight excluding hydrogens is 763 g/mol. The number of fused-ring (bicyclic) bond motifs is 3. The third-order valence-electron chi connectivity index (χ3n) is 12.2. The number of aliphatic carboxylic acids is 1. The number of allylic oxidation sites excluding steroid dienone is 2. The van der Waals surface area contributed by atoms with E-state index in [1.807, 2.05) is 60.7 Å². The van der Waals surface area contributed by atoms with Crippen molar-refractivity contribution in [1.82, 2.24) is 10.2 Å². The minimum atomic E-state index is -2.18. The fraction of sp³-hybridized carbons (Fsp3) is 0.312. The lowest BCUT2D eigenvalue weighted by Gasteiger charge is -2.46. The Morgan fingerprint density at radius 2 is 1.55 bits per heavy atom. The van der Waals surface area contributed by atoms with Crippen molar-refractivity contribution in [1.29, 1.82) is 0 Å². The number of nitrogens with one attached hydrogen (secondary N) is 1. The normalized spacial score (nSPS) is 25.0. The molecule has 60 heavy (non-hydrogen) atoms. The van der Waals surface area contributed by atoms with Crippen LogP contribution in [0.5, 0.6) is 5.75 Å². The molecule has 3 N–H and O–H groups in total. The second kappa shape index (κ2) is 16.2. The molecule has 3 heterocycles. The Labute approximate surface area is 347 Å². The van der Waals surface area contributed by atoms with Gasteiger partial charge in [-0.2, -0.15) is 0 Å². The second-order valence-electron chi connectivity index (χ2n) is 16.0. The molecule has 7 atom stereocenters. The van der Waals surface area contributed by atoms with Gasteiger partial charge in [0.15, 0.2) is 0 Å². The smallest absolute Gasteiger partial charge is 0.329 e. The van der Waals surface area contributed by atoms with E-state index in [2.05, 4.69) is 23.2 Å². The number of phenolic OH excluding ortho intramolecular Hbond substituents is 1. The van der Waals surface area contributed by atoms with E-state index in [1.54, 1.807) is 49.1 Å². The third-order valence-corrected chi connectivity index (χ3v) is 12.2. The van der Waals surface area contributed by atoms with Gasteiger partial charge in [-0.3, -0.25) is 19.3 Å². The Morgan fingerprint density at radius 3 is 2.17 bits per heavy atom. The van der Waals surface area contributed by atoms with Crippen molar-refractivity contribution in [2.75, 3.05) is 12.0 Å². The zero-order valence-corrected chi connectivity index (χ0v) is 33.4. The average Bonchev–Trinajstić information content (AvgIpc) is 3.72. The van der Waals surface area contributed by atoms with Crippen molar-refractivity contribution in [2.24, 2.45) is 11.8 Å². The predicted octanol–water partition coefficient (Wildman–Crippen LogP) is 6.90. The van der Waals surface area contributed by atoms with Crippen LogP contribution in [-0.4, -0.2) is 64.2 Å². The number of morpholine rings is 1. The van der Waals surface area contributed by atoms with E-state index in [0.717, 1.165) is 36.2 Å². The number of esters is 2. The van der Waals surface area contributed by atoms with Crippen molar-refractivity contribution < 1.29 is 43.7 Å². The minimum absolute atomic E-state index is 0.0754. The largest absolute Gasteiger partial charge is 0.508 e. The molecule has 1 aliphatic carbocycles. The highest BCUT2D eigenvalue weighted by Gasteiger charge is 2.76. The first kappa shape index (κ1) is 40.1. The molecule has 306 valence electrons. The van der Waals surface area contributed by atoms with Crippen LogP contribution < -0.4 is 10.2 Å². The first-order valence-electron chi connectivity index (χ1n) is 20.1. The van der Waals surface area contributed by atoms with Gasteiger partial charge in [-0.05, 0) is 89.8 Å². The molecule has 2 fully saturated rings. The molecule has 3 aliphatic heterocycles. The van der Waals surface area contributed by atoms with Gasteiger partial charge in [0.05, 0.1) is 24.9 Å². The van der Waals surface area contributed by atoms with Crippen molar-refractivity contribution >= 4 is 35.5 Å². The van der Waals surface area contributed by atoms with Gasteiger partial charge in [0.2, 0.25) is 5.91 Å². The van der Waals surface area contributed by atoms with Gasteiger partial charge >= 0.3 is 23.9 Å². The van der Waals surface area contributed by atoms with Gasteiger partial charge in [0.1, 0.15) is 35.3 Å². The first-order chi connectivity index (χ1) is 29.0. The number of cyclic esters (lactones) is 1. The van der Waals surface area contributed by atoms with Crippen LogP contribution in [0.3, 0.4) is 0 Å². The zero-order chi connectivity index (χ0) is 42.3.